The summed E-state index contributed by atoms with van der Waals surface area (Å²) in [6.45, 7) is 4.58. The SMILES string of the molecule is COc1ccc(-c2ccc(SC(CC(C)C)c3ccccc3)cc2)cn1. The number of pyridine rings is 1. The fraction of sp³-hybridized carbons (Fsp3) is 0.261. The minimum absolute atomic E-state index is 0.477. The highest BCUT2D eigenvalue weighted by atomic mass is 32.2. The van der Waals surface area contributed by atoms with Crippen LogP contribution in [0.3, 0.4) is 0 Å². The molecule has 1 heterocycles. The lowest BCUT2D eigenvalue weighted by Crippen LogP contribution is -1.99. The Morgan fingerprint density at radius 1 is 0.885 bits per heavy atom. The fourth-order valence-corrected chi connectivity index (χ4v) is 4.31. The van der Waals surface area contributed by atoms with Crippen molar-refractivity contribution in [2.24, 2.45) is 5.92 Å². The van der Waals surface area contributed by atoms with E-state index in [1.165, 1.54) is 22.4 Å². The van der Waals surface area contributed by atoms with E-state index < -0.39 is 0 Å². The van der Waals surface area contributed by atoms with Crippen LogP contribution in [0.15, 0.2) is 77.8 Å². The maximum Gasteiger partial charge on any atom is 0.212 e. The zero-order valence-corrected chi connectivity index (χ0v) is 16.4. The van der Waals surface area contributed by atoms with Gasteiger partial charge in [0.1, 0.15) is 0 Å². The second kappa shape index (κ2) is 8.91. The largest absolute Gasteiger partial charge is 0.481 e. The predicted molar refractivity (Wildman–Crippen MR) is 111 cm³/mol. The van der Waals surface area contributed by atoms with Crippen molar-refractivity contribution in [3.8, 4) is 17.0 Å². The summed E-state index contributed by atoms with van der Waals surface area (Å²) in [4.78, 5) is 5.59. The summed E-state index contributed by atoms with van der Waals surface area (Å²) in [6, 6.07) is 23.5. The molecule has 0 amide bonds. The van der Waals surface area contributed by atoms with Crippen LogP contribution in [0.25, 0.3) is 11.1 Å². The molecule has 3 aromatic rings. The number of aromatic nitrogens is 1. The lowest BCUT2D eigenvalue weighted by Gasteiger charge is -2.19. The third-order valence-electron chi connectivity index (χ3n) is 4.27. The van der Waals surface area contributed by atoms with E-state index in [4.69, 9.17) is 4.74 Å². The van der Waals surface area contributed by atoms with E-state index in [1.54, 1.807) is 7.11 Å². The Morgan fingerprint density at radius 3 is 2.15 bits per heavy atom. The molecule has 2 nitrogen and oxygen atoms in total. The average molecular weight is 364 g/mol. The molecule has 1 aromatic heterocycles. The number of benzene rings is 2. The molecule has 0 N–H and O–H groups in total. The lowest BCUT2D eigenvalue weighted by molar-refractivity contribution is 0.398. The third-order valence-corrected chi connectivity index (χ3v) is 5.56. The highest BCUT2D eigenvalue weighted by molar-refractivity contribution is 7.99. The average Bonchev–Trinajstić information content (AvgIpc) is 2.68. The standard InChI is InChI=1S/C23H25NOS/c1-17(2)15-22(19-7-5-4-6-8-19)26-21-12-9-18(10-13-21)20-11-14-23(25-3)24-16-20/h4-14,16-17,22H,15H2,1-3H3. The number of ether oxygens (including phenoxy) is 1. The summed E-state index contributed by atoms with van der Waals surface area (Å²) < 4.78 is 5.13. The summed E-state index contributed by atoms with van der Waals surface area (Å²) in [5.41, 5.74) is 3.67. The maximum absolute atomic E-state index is 5.13. The van der Waals surface area contributed by atoms with Gasteiger partial charge in [0.05, 0.1) is 7.11 Å². The van der Waals surface area contributed by atoms with Crippen LogP contribution in [0, 0.1) is 5.92 Å². The van der Waals surface area contributed by atoms with Crippen molar-refractivity contribution in [2.45, 2.75) is 30.4 Å². The highest BCUT2D eigenvalue weighted by Crippen LogP contribution is 2.40. The zero-order chi connectivity index (χ0) is 18.4. The van der Waals surface area contributed by atoms with Gasteiger partial charge in [0.25, 0.3) is 0 Å². The first kappa shape index (κ1) is 18.5. The van der Waals surface area contributed by atoms with Gasteiger partial charge >= 0.3 is 0 Å². The first-order chi connectivity index (χ1) is 12.7. The molecule has 0 saturated carbocycles. The molecule has 0 aliphatic carbocycles. The smallest absolute Gasteiger partial charge is 0.212 e. The molecular formula is C23H25NOS. The molecule has 26 heavy (non-hydrogen) atoms. The van der Waals surface area contributed by atoms with Gasteiger partial charge < -0.3 is 4.74 Å². The van der Waals surface area contributed by atoms with Crippen molar-refractivity contribution in [3.05, 3.63) is 78.5 Å². The number of hydrogen-bond acceptors (Lipinski definition) is 3. The van der Waals surface area contributed by atoms with Crippen molar-refractivity contribution < 1.29 is 4.74 Å². The summed E-state index contributed by atoms with van der Waals surface area (Å²) in [5, 5.41) is 0.477. The Balaban J connectivity index is 1.76. The van der Waals surface area contributed by atoms with Crippen molar-refractivity contribution in [1.29, 1.82) is 0 Å². The van der Waals surface area contributed by atoms with E-state index in [0.29, 0.717) is 17.0 Å². The van der Waals surface area contributed by atoms with Gasteiger partial charge in [0, 0.05) is 28.0 Å². The summed E-state index contributed by atoms with van der Waals surface area (Å²) in [5.74, 6) is 1.30. The van der Waals surface area contributed by atoms with E-state index >= 15 is 0 Å². The molecule has 0 aliphatic heterocycles. The van der Waals surface area contributed by atoms with E-state index in [0.717, 1.165) is 5.56 Å². The van der Waals surface area contributed by atoms with Crippen LogP contribution in [-0.2, 0) is 0 Å². The van der Waals surface area contributed by atoms with Crippen LogP contribution < -0.4 is 4.74 Å². The molecule has 3 heteroatoms. The van der Waals surface area contributed by atoms with Gasteiger partial charge in [0.2, 0.25) is 5.88 Å². The monoisotopic (exact) mass is 363 g/mol. The van der Waals surface area contributed by atoms with Crippen LogP contribution in [0.5, 0.6) is 5.88 Å². The second-order valence-electron chi connectivity index (χ2n) is 6.76. The second-order valence-corrected chi connectivity index (χ2v) is 8.04. The normalized spacial score (nSPS) is 12.2. The van der Waals surface area contributed by atoms with Gasteiger partial charge in [-0.15, -0.1) is 11.8 Å². The van der Waals surface area contributed by atoms with Crippen molar-refractivity contribution in [2.75, 3.05) is 7.11 Å². The Bertz CT molecular complexity index is 798. The van der Waals surface area contributed by atoms with Crippen LogP contribution in [0.4, 0.5) is 0 Å². The molecule has 0 saturated heterocycles. The van der Waals surface area contributed by atoms with Gasteiger partial charge in [-0.3, -0.25) is 0 Å². The molecule has 2 aromatic carbocycles. The summed E-state index contributed by atoms with van der Waals surface area (Å²) >= 11 is 1.94. The van der Waals surface area contributed by atoms with Crippen LogP contribution in [0.1, 0.15) is 31.1 Å². The minimum atomic E-state index is 0.477. The Kier molecular flexibility index (Phi) is 6.35. The van der Waals surface area contributed by atoms with Crippen LogP contribution in [-0.4, -0.2) is 12.1 Å². The molecule has 1 atom stereocenters. The zero-order valence-electron chi connectivity index (χ0n) is 15.6. The number of hydrogen-bond donors (Lipinski definition) is 0. The minimum Gasteiger partial charge on any atom is -0.481 e. The van der Waals surface area contributed by atoms with Crippen LogP contribution >= 0.6 is 11.8 Å². The van der Waals surface area contributed by atoms with Gasteiger partial charge in [-0.2, -0.15) is 0 Å². The van der Waals surface area contributed by atoms with Gasteiger partial charge in [-0.05, 0) is 41.7 Å². The molecule has 0 fully saturated rings. The summed E-state index contributed by atoms with van der Waals surface area (Å²) in [7, 11) is 1.63. The first-order valence-electron chi connectivity index (χ1n) is 8.98. The quantitative estimate of drug-likeness (QED) is 0.439. The van der Waals surface area contributed by atoms with Gasteiger partial charge in [-0.25, -0.2) is 4.98 Å². The molecule has 1 unspecified atom stereocenters. The molecule has 0 radical (unpaired) electrons. The molecule has 134 valence electrons. The number of thioether (sulfide) groups is 1. The molecule has 0 spiro atoms. The lowest BCUT2D eigenvalue weighted by atomic mass is 10.0. The van der Waals surface area contributed by atoms with E-state index in [9.17, 15) is 0 Å². The fourth-order valence-electron chi connectivity index (χ4n) is 2.91. The first-order valence-corrected chi connectivity index (χ1v) is 9.85. The van der Waals surface area contributed by atoms with E-state index in [-0.39, 0.29) is 0 Å². The number of nitrogens with zero attached hydrogens (tertiary/aromatic N) is 1. The number of rotatable bonds is 7. The molecular weight excluding hydrogens is 338 g/mol. The van der Waals surface area contributed by atoms with E-state index in [2.05, 4.69) is 73.4 Å². The van der Waals surface area contributed by atoms with Gasteiger partial charge in [-0.1, -0.05) is 56.3 Å². The van der Waals surface area contributed by atoms with E-state index in [1.807, 2.05) is 30.1 Å². The Labute approximate surface area is 160 Å². The highest BCUT2D eigenvalue weighted by Gasteiger charge is 2.15. The maximum atomic E-state index is 5.13. The molecule has 3 rings (SSSR count). The van der Waals surface area contributed by atoms with Crippen molar-refractivity contribution in [1.82, 2.24) is 4.98 Å². The van der Waals surface area contributed by atoms with Gasteiger partial charge in [0.15, 0.2) is 0 Å². The Hall–Kier alpha value is -2.26. The van der Waals surface area contributed by atoms with Crippen molar-refractivity contribution in [3.63, 3.8) is 0 Å². The van der Waals surface area contributed by atoms with Crippen molar-refractivity contribution >= 4 is 11.8 Å². The van der Waals surface area contributed by atoms with Crippen LogP contribution in [0.2, 0.25) is 0 Å². The summed E-state index contributed by atoms with van der Waals surface area (Å²) in [6.07, 6.45) is 3.02. The topological polar surface area (TPSA) is 22.1 Å². The third kappa shape index (κ3) is 4.89. The molecule has 0 aliphatic rings. The predicted octanol–water partition coefficient (Wildman–Crippen LogP) is 6.64. The molecule has 0 bridgehead atoms. The number of methoxy groups -OCH3 is 1. The Morgan fingerprint density at radius 2 is 1.58 bits per heavy atom.